The van der Waals surface area contributed by atoms with E-state index in [0.29, 0.717) is 0 Å². The van der Waals surface area contributed by atoms with E-state index in [2.05, 4.69) is 5.32 Å². The first-order valence-corrected chi connectivity index (χ1v) is 8.15. The van der Waals surface area contributed by atoms with E-state index in [1.54, 1.807) is 11.8 Å². The predicted octanol–water partition coefficient (Wildman–Crippen LogP) is 2.15. The van der Waals surface area contributed by atoms with Gasteiger partial charge in [-0.3, -0.25) is 4.79 Å². The second-order valence-corrected chi connectivity index (χ2v) is 5.96. The van der Waals surface area contributed by atoms with Crippen molar-refractivity contribution < 1.29 is 4.79 Å². The fraction of sp³-hybridized carbons (Fsp3) is 0.923. The van der Waals surface area contributed by atoms with Crippen molar-refractivity contribution in [1.82, 2.24) is 5.32 Å². The molecule has 4 heteroatoms. The molecule has 0 aromatic carbocycles. The number of nitrogens with two attached hydrogens (primary N) is 1. The summed E-state index contributed by atoms with van der Waals surface area (Å²) in [4.78, 5) is 11.6. The SMILES string of the molecule is CSCC[C@@H](N)C(=O)NCCC1CCCCC1. The molecule has 3 N–H and O–H groups in total. The summed E-state index contributed by atoms with van der Waals surface area (Å²) in [7, 11) is 0. The Kier molecular flexibility index (Phi) is 7.69. The minimum Gasteiger partial charge on any atom is -0.355 e. The number of amides is 1. The van der Waals surface area contributed by atoms with Crippen molar-refractivity contribution in [3.8, 4) is 0 Å². The van der Waals surface area contributed by atoms with Crippen LogP contribution >= 0.6 is 11.8 Å². The number of thioether (sulfide) groups is 1. The van der Waals surface area contributed by atoms with Crippen LogP contribution in [0.5, 0.6) is 0 Å². The Bertz CT molecular complexity index is 217. The molecular weight excluding hydrogens is 232 g/mol. The molecule has 1 amide bonds. The molecule has 1 saturated carbocycles. The predicted molar refractivity (Wildman–Crippen MR) is 75.2 cm³/mol. The lowest BCUT2D eigenvalue weighted by atomic mass is 9.87. The first-order chi connectivity index (χ1) is 8.24. The Hall–Kier alpha value is -0.220. The first-order valence-electron chi connectivity index (χ1n) is 6.76. The maximum atomic E-state index is 11.6. The molecule has 3 nitrogen and oxygen atoms in total. The third-order valence-electron chi connectivity index (χ3n) is 3.55. The van der Waals surface area contributed by atoms with Crippen LogP contribution < -0.4 is 11.1 Å². The van der Waals surface area contributed by atoms with Gasteiger partial charge in [-0.05, 0) is 30.8 Å². The average molecular weight is 258 g/mol. The lowest BCUT2D eigenvalue weighted by molar-refractivity contribution is -0.122. The molecule has 1 rings (SSSR count). The van der Waals surface area contributed by atoms with Crippen molar-refractivity contribution >= 4 is 17.7 Å². The van der Waals surface area contributed by atoms with Crippen molar-refractivity contribution in [2.24, 2.45) is 11.7 Å². The monoisotopic (exact) mass is 258 g/mol. The summed E-state index contributed by atoms with van der Waals surface area (Å²) >= 11 is 1.73. The summed E-state index contributed by atoms with van der Waals surface area (Å²) in [6, 6.07) is -0.325. The van der Waals surface area contributed by atoms with Crippen molar-refractivity contribution in [2.75, 3.05) is 18.6 Å². The highest BCUT2D eigenvalue weighted by molar-refractivity contribution is 7.98. The fourth-order valence-corrected chi connectivity index (χ4v) is 2.87. The second-order valence-electron chi connectivity index (χ2n) is 4.97. The Morgan fingerprint density at radius 3 is 2.76 bits per heavy atom. The Morgan fingerprint density at radius 1 is 1.41 bits per heavy atom. The first kappa shape index (κ1) is 14.8. The molecule has 1 aliphatic rings. The molecule has 0 aliphatic heterocycles. The topological polar surface area (TPSA) is 55.1 Å². The molecule has 0 heterocycles. The Balaban J connectivity index is 2.06. The van der Waals surface area contributed by atoms with Gasteiger partial charge in [-0.15, -0.1) is 0 Å². The summed E-state index contributed by atoms with van der Waals surface area (Å²) < 4.78 is 0. The summed E-state index contributed by atoms with van der Waals surface area (Å²) in [5, 5.41) is 2.97. The molecule has 0 spiro atoms. The molecule has 0 saturated heterocycles. The molecule has 0 aromatic heterocycles. The van der Waals surface area contributed by atoms with E-state index < -0.39 is 0 Å². The molecule has 0 radical (unpaired) electrons. The third-order valence-corrected chi connectivity index (χ3v) is 4.19. The van der Waals surface area contributed by atoms with E-state index in [4.69, 9.17) is 5.73 Å². The minimum absolute atomic E-state index is 0.0230. The van der Waals surface area contributed by atoms with Crippen molar-refractivity contribution in [3.63, 3.8) is 0 Å². The maximum Gasteiger partial charge on any atom is 0.236 e. The van der Waals surface area contributed by atoms with E-state index >= 15 is 0 Å². The van der Waals surface area contributed by atoms with Crippen LogP contribution in [0, 0.1) is 5.92 Å². The zero-order valence-electron chi connectivity index (χ0n) is 10.9. The van der Waals surface area contributed by atoms with Gasteiger partial charge in [0, 0.05) is 6.54 Å². The Labute approximate surface area is 109 Å². The van der Waals surface area contributed by atoms with E-state index in [9.17, 15) is 4.79 Å². The standard InChI is InChI=1S/C13H26N2OS/c1-17-10-8-12(14)13(16)15-9-7-11-5-3-2-4-6-11/h11-12H,2-10,14H2,1H3,(H,15,16)/t12-/m1/s1. The fourth-order valence-electron chi connectivity index (χ4n) is 2.38. The normalized spacial score (nSPS) is 18.9. The molecule has 1 fully saturated rings. The summed E-state index contributed by atoms with van der Waals surface area (Å²) in [6.07, 6.45) is 10.7. The van der Waals surface area contributed by atoms with Crippen LogP contribution in [0.3, 0.4) is 0 Å². The van der Waals surface area contributed by atoms with Crippen LogP contribution in [-0.2, 0) is 4.79 Å². The van der Waals surface area contributed by atoms with Crippen molar-refractivity contribution in [1.29, 1.82) is 0 Å². The second kappa shape index (κ2) is 8.81. The van der Waals surface area contributed by atoms with E-state index in [1.807, 2.05) is 6.26 Å². The Morgan fingerprint density at radius 2 is 2.12 bits per heavy atom. The molecule has 0 unspecified atom stereocenters. The third kappa shape index (κ3) is 6.32. The van der Waals surface area contributed by atoms with Gasteiger partial charge in [-0.25, -0.2) is 0 Å². The van der Waals surface area contributed by atoms with Crippen LogP contribution in [-0.4, -0.2) is 30.5 Å². The molecule has 17 heavy (non-hydrogen) atoms. The summed E-state index contributed by atoms with van der Waals surface area (Å²) in [5.41, 5.74) is 5.80. The number of rotatable bonds is 7. The van der Waals surface area contributed by atoms with Gasteiger partial charge in [-0.2, -0.15) is 11.8 Å². The van der Waals surface area contributed by atoms with Gasteiger partial charge in [0.2, 0.25) is 5.91 Å². The number of hydrogen-bond acceptors (Lipinski definition) is 3. The van der Waals surface area contributed by atoms with Gasteiger partial charge in [0.1, 0.15) is 0 Å². The lowest BCUT2D eigenvalue weighted by Gasteiger charge is -2.21. The lowest BCUT2D eigenvalue weighted by Crippen LogP contribution is -2.41. The highest BCUT2D eigenvalue weighted by Gasteiger charge is 2.15. The quantitative estimate of drug-likeness (QED) is 0.736. The zero-order valence-corrected chi connectivity index (χ0v) is 11.7. The highest BCUT2D eigenvalue weighted by Crippen LogP contribution is 2.25. The maximum absolute atomic E-state index is 11.6. The largest absolute Gasteiger partial charge is 0.355 e. The molecule has 1 atom stereocenters. The van der Waals surface area contributed by atoms with Gasteiger partial charge in [0.05, 0.1) is 6.04 Å². The molecular formula is C13H26N2OS. The number of hydrogen-bond donors (Lipinski definition) is 2. The van der Waals surface area contributed by atoms with Crippen LogP contribution in [0.15, 0.2) is 0 Å². The molecule has 0 aromatic rings. The minimum atomic E-state index is -0.325. The average Bonchev–Trinajstić information content (AvgIpc) is 2.37. The van der Waals surface area contributed by atoms with Crippen LogP contribution in [0.2, 0.25) is 0 Å². The highest BCUT2D eigenvalue weighted by atomic mass is 32.2. The van der Waals surface area contributed by atoms with Gasteiger partial charge >= 0.3 is 0 Å². The van der Waals surface area contributed by atoms with Gasteiger partial charge in [0.15, 0.2) is 0 Å². The van der Waals surface area contributed by atoms with E-state index in [0.717, 1.165) is 31.1 Å². The number of carbonyl (C=O) groups is 1. The van der Waals surface area contributed by atoms with Gasteiger partial charge in [0.25, 0.3) is 0 Å². The zero-order chi connectivity index (χ0) is 12.5. The smallest absolute Gasteiger partial charge is 0.236 e. The van der Waals surface area contributed by atoms with Crippen LogP contribution in [0.4, 0.5) is 0 Å². The van der Waals surface area contributed by atoms with Crippen molar-refractivity contribution in [3.05, 3.63) is 0 Å². The number of carbonyl (C=O) groups excluding carboxylic acids is 1. The molecule has 1 aliphatic carbocycles. The molecule has 0 bridgehead atoms. The van der Waals surface area contributed by atoms with Crippen molar-refractivity contribution in [2.45, 2.75) is 51.0 Å². The van der Waals surface area contributed by atoms with E-state index in [1.165, 1.54) is 32.1 Å². The van der Waals surface area contributed by atoms with E-state index in [-0.39, 0.29) is 11.9 Å². The van der Waals surface area contributed by atoms with Crippen LogP contribution in [0.25, 0.3) is 0 Å². The van der Waals surface area contributed by atoms with Gasteiger partial charge in [-0.1, -0.05) is 32.1 Å². The number of nitrogens with one attached hydrogen (secondary N) is 1. The molecule has 100 valence electrons. The van der Waals surface area contributed by atoms with Crippen LogP contribution in [0.1, 0.15) is 44.9 Å². The van der Waals surface area contributed by atoms with Gasteiger partial charge < -0.3 is 11.1 Å². The summed E-state index contributed by atoms with van der Waals surface area (Å²) in [5.74, 6) is 1.80. The summed E-state index contributed by atoms with van der Waals surface area (Å²) in [6.45, 7) is 0.802.